The van der Waals surface area contributed by atoms with Crippen molar-refractivity contribution in [3.8, 4) is 0 Å². The zero-order valence-corrected chi connectivity index (χ0v) is 14.9. The van der Waals surface area contributed by atoms with Crippen LogP contribution >= 0.6 is 27.5 Å². The van der Waals surface area contributed by atoms with E-state index in [1.165, 1.54) is 0 Å². The number of carbonyl (C=O) groups is 1. The summed E-state index contributed by atoms with van der Waals surface area (Å²) in [6.45, 7) is 5.50. The van der Waals surface area contributed by atoms with Gasteiger partial charge < -0.3 is 14.4 Å². The molecule has 0 N–H and O–H groups in total. The average Bonchev–Trinajstić information content (AvgIpc) is 2.63. The normalized spacial score (nSPS) is 26.2. The Kier molecular flexibility index (Phi) is 7.04. The summed E-state index contributed by atoms with van der Waals surface area (Å²) in [6, 6.07) is -0.0807. The fourth-order valence-electron chi connectivity index (χ4n) is 2.24. The van der Waals surface area contributed by atoms with Gasteiger partial charge in [0.2, 0.25) is 0 Å². The second kappa shape index (κ2) is 7.82. The smallest absolute Gasteiger partial charge is 0.322 e. The van der Waals surface area contributed by atoms with Crippen LogP contribution in [0.3, 0.4) is 0 Å². The van der Waals surface area contributed by atoms with E-state index in [0.29, 0.717) is 19.6 Å². The summed E-state index contributed by atoms with van der Waals surface area (Å²) in [7, 11) is 3.31. The molecule has 0 saturated carbocycles. The molecule has 1 rings (SSSR count). The SMILES string of the molecule is CCC(CN1CC(Cl)(Br)N(CC(CC)OC)C1=O)OC. The predicted molar refractivity (Wildman–Crippen MR) is 83.4 cm³/mol. The Hall–Kier alpha value is -0.0400. The van der Waals surface area contributed by atoms with Gasteiger partial charge in [0.15, 0.2) is 3.91 Å². The lowest BCUT2D eigenvalue weighted by Gasteiger charge is -2.28. The van der Waals surface area contributed by atoms with Crippen molar-refractivity contribution in [1.29, 1.82) is 0 Å². The maximum atomic E-state index is 12.5. The highest BCUT2D eigenvalue weighted by Gasteiger charge is 2.47. The molecule has 3 unspecified atom stereocenters. The molecule has 0 aromatic rings. The topological polar surface area (TPSA) is 42.0 Å². The molecule has 3 atom stereocenters. The molecule has 1 aliphatic heterocycles. The highest BCUT2D eigenvalue weighted by atomic mass is 79.9. The maximum Gasteiger partial charge on any atom is 0.322 e. The zero-order valence-electron chi connectivity index (χ0n) is 12.6. The van der Waals surface area contributed by atoms with E-state index < -0.39 is 3.91 Å². The third-order valence-electron chi connectivity index (χ3n) is 3.66. The van der Waals surface area contributed by atoms with E-state index in [-0.39, 0.29) is 18.2 Å². The lowest BCUT2D eigenvalue weighted by molar-refractivity contribution is 0.0647. The van der Waals surface area contributed by atoms with E-state index in [2.05, 4.69) is 15.9 Å². The minimum Gasteiger partial charge on any atom is -0.380 e. The number of halogens is 2. The number of alkyl halides is 2. The van der Waals surface area contributed by atoms with Crippen LogP contribution in [-0.4, -0.2) is 65.8 Å². The van der Waals surface area contributed by atoms with Crippen LogP contribution in [0.25, 0.3) is 0 Å². The number of carbonyl (C=O) groups excluding carboxylic acids is 1. The molecule has 0 radical (unpaired) electrons. The molecular formula is C13H24BrClN2O3. The number of methoxy groups -OCH3 is 2. The van der Waals surface area contributed by atoms with E-state index in [4.69, 9.17) is 21.1 Å². The lowest BCUT2D eigenvalue weighted by atomic mass is 10.2. The minimum absolute atomic E-state index is 0.0148. The Morgan fingerprint density at radius 3 is 2.20 bits per heavy atom. The van der Waals surface area contributed by atoms with Gasteiger partial charge in [0.25, 0.3) is 0 Å². The van der Waals surface area contributed by atoms with Crippen LogP contribution in [0.5, 0.6) is 0 Å². The monoisotopic (exact) mass is 370 g/mol. The first-order chi connectivity index (χ1) is 9.39. The summed E-state index contributed by atoms with van der Waals surface area (Å²) in [5.41, 5.74) is 0. The summed E-state index contributed by atoms with van der Waals surface area (Å²) in [5, 5.41) is 0. The minimum atomic E-state index is -0.873. The molecule has 0 aromatic heterocycles. The van der Waals surface area contributed by atoms with E-state index in [0.717, 1.165) is 12.8 Å². The molecule has 1 aliphatic rings. The Morgan fingerprint density at radius 2 is 1.75 bits per heavy atom. The van der Waals surface area contributed by atoms with Crippen molar-refractivity contribution in [3.05, 3.63) is 0 Å². The van der Waals surface area contributed by atoms with Gasteiger partial charge in [-0.1, -0.05) is 25.4 Å². The Bertz CT molecular complexity index is 323. The third kappa shape index (κ3) is 4.23. The molecular weight excluding hydrogens is 348 g/mol. The second-order valence-electron chi connectivity index (χ2n) is 4.97. The summed E-state index contributed by atoms with van der Waals surface area (Å²) < 4.78 is 9.81. The molecule has 2 amide bonds. The van der Waals surface area contributed by atoms with E-state index in [1.54, 1.807) is 24.0 Å². The number of nitrogens with zero attached hydrogens (tertiary/aromatic N) is 2. The number of hydrogen-bond donors (Lipinski definition) is 0. The molecule has 118 valence electrons. The maximum absolute atomic E-state index is 12.5. The van der Waals surface area contributed by atoms with Gasteiger partial charge in [-0.3, -0.25) is 4.90 Å². The van der Waals surface area contributed by atoms with Gasteiger partial charge in [-0.05, 0) is 28.8 Å². The van der Waals surface area contributed by atoms with Gasteiger partial charge in [-0.25, -0.2) is 4.79 Å². The van der Waals surface area contributed by atoms with Gasteiger partial charge in [-0.15, -0.1) is 0 Å². The van der Waals surface area contributed by atoms with Gasteiger partial charge in [0.05, 0.1) is 25.3 Å². The number of hydrogen-bond acceptors (Lipinski definition) is 3. The molecule has 7 heteroatoms. The van der Waals surface area contributed by atoms with Crippen molar-refractivity contribution in [2.24, 2.45) is 0 Å². The summed E-state index contributed by atoms with van der Waals surface area (Å²) in [5.74, 6) is 0. The number of amides is 2. The highest BCUT2D eigenvalue weighted by Crippen LogP contribution is 2.36. The Balaban J connectivity index is 2.74. The van der Waals surface area contributed by atoms with Crippen LogP contribution in [0, 0.1) is 0 Å². The number of ether oxygens (including phenoxy) is 2. The van der Waals surface area contributed by atoms with Crippen LogP contribution in [-0.2, 0) is 9.47 Å². The first-order valence-corrected chi connectivity index (χ1v) is 8.06. The predicted octanol–water partition coefficient (Wildman–Crippen LogP) is 2.86. The van der Waals surface area contributed by atoms with Crippen LogP contribution in [0.15, 0.2) is 0 Å². The Labute approximate surface area is 134 Å². The van der Waals surface area contributed by atoms with Crippen molar-refractivity contribution in [2.45, 2.75) is 42.8 Å². The Morgan fingerprint density at radius 1 is 1.25 bits per heavy atom. The van der Waals surface area contributed by atoms with Crippen molar-refractivity contribution in [3.63, 3.8) is 0 Å². The molecule has 1 fully saturated rings. The lowest BCUT2D eigenvalue weighted by Crippen LogP contribution is -2.43. The van der Waals surface area contributed by atoms with E-state index in [1.807, 2.05) is 13.8 Å². The molecule has 0 aliphatic carbocycles. The van der Waals surface area contributed by atoms with Crippen molar-refractivity contribution < 1.29 is 14.3 Å². The van der Waals surface area contributed by atoms with Crippen LogP contribution in [0.1, 0.15) is 26.7 Å². The summed E-state index contributed by atoms with van der Waals surface area (Å²) >= 11 is 9.88. The summed E-state index contributed by atoms with van der Waals surface area (Å²) in [6.07, 6.45) is 1.70. The largest absolute Gasteiger partial charge is 0.380 e. The second-order valence-corrected chi connectivity index (χ2v) is 7.37. The fraction of sp³-hybridized carbons (Fsp3) is 0.923. The average molecular weight is 372 g/mol. The van der Waals surface area contributed by atoms with Crippen LogP contribution in [0.2, 0.25) is 0 Å². The quantitative estimate of drug-likeness (QED) is 0.487. The first kappa shape index (κ1) is 18.0. The van der Waals surface area contributed by atoms with Gasteiger partial charge in [-0.2, -0.15) is 0 Å². The first-order valence-electron chi connectivity index (χ1n) is 6.89. The molecule has 5 nitrogen and oxygen atoms in total. The zero-order chi connectivity index (χ0) is 15.3. The van der Waals surface area contributed by atoms with E-state index >= 15 is 0 Å². The fourth-order valence-corrected chi connectivity index (χ4v) is 3.12. The standard InChI is InChI=1S/C13H24BrClN2O3/c1-5-10(19-3)7-16-9-13(14,15)17(12(16)18)8-11(6-2)20-4/h10-11H,5-9H2,1-4H3. The molecule has 1 heterocycles. The third-order valence-corrected chi connectivity index (χ3v) is 4.67. The van der Waals surface area contributed by atoms with Crippen LogP contribution < -0.4 is 0 Å². The van der Waals surface area contributed by atoms with Crippen molar-refractivity contribution >= 4 is 33.6 Å². The highest BCUT2D eigenvalue weighted by molar-refractivity contribution is 9.10. The molecule has 1 saturated heterocycles. The molecule has 20 heavy (non-hydrogen) atoms. The van der Waals surface area contributed by atoms with Gasteiger partial charge >= 0.3 is 6.03 Å². The molecule has 0 spiro atoms. The van der Waals surface area contributed by atoms with E-state index in [9.17, 15) is 4.79 Å². The van der Waals surface area contributed by atoms with Crippen molar-refractivity contribution in [2.75, 3.05) is 33.9 Å². The van der Waals surface area contributed by atoms with Crippen molar-refractivity contribution in [1.82, 2.24) is 9.80 Å². The van der Waals surface area contributed by atoms with Gasteiger partial charge in [0, 0.05) is 20.8 Å². The molecule has 0 bridgehead atoms. The molecule has 0 aromatic carbocycles. The van der Waals surface area contributed by atoms with Crippen LogP contribution in [0.4, 0.5) is 4.79 Å². The summed E-state index contributed by atoms with van der Waals surface area (Å²) in [4.78, 5) is 15.8. The van der Waals surface area contributed by atoms with Gasteiger partial charge in [0.1, 0.15) is 0 Å². The number of rotatable bonds is 8. The number of urea groups is 1.